The normalized spacial score (nSPS) is 17.8. The Morgan fingerprint density at radius 1 is 1.14 bits per heavy atom. The molecule has 0 bridgehead atoms. The Kier molecular flexibility index (Phi) is 10.1. The Labute approximate surface area is 244 Å². The lowest BCUT2D eigenvalue weighted by Gasteiger charge is -2.43. The maximum Gasteiger partial charge on any atom is 0.416 e. The van der Waals surface area contributed by atoms with Gasteiger partial charge in [-0.1, -0.05) is 12.0 Å². The van der Waals surface area contributed by atoms with Crippen molar-refractivity contribution in [2.24, 2.45) is 21.2 Å². The molecule has 1 aliphatic rings. The number of amides is 1. The highest BCUT2D eigenvalue weighted by atomic mass is 19.4. The van der Waals surface area contributed by atoms with Gasteiger partial charge < -0.3 is 20.1 Å². The fourth-order valence-electron chi connectivity index (χ4n) is 4.85. The zero-order valence-corrected chi connectivity index (χ0v) is 24.4. The summed E-state index contributed by atoms with van der Waals surface area (Å²) in [6.07, 6.45) is -10.7. The Morgan fingerprint density at radius 3 is 2.23 bits per heavy atom. The molecule has 2 N–H and O–H groups in total. The number of aryl methyl sites for hydroxylation is 1. The van der Waals surface area contributed by atoms with E-state index < -0.39 is 54.3 Å². The van der Waals surface area contributed by atoms with Crippen LogP contribution in [0.4, 0.5) is 36.8 Å². The maximum absolute atomic E-state index is 13.6. The number of carbonyl (C=O) groups is 1. The van der Waals surface area contributed by atoms with Gasteiger partial charge in [-0.25, -0.2) is 9.78 Å². The number of carbonyl (C=O) groups excluding carboxylic acids is 1. The van der Waals surface area contributed by atoms with Gasteiger partial charge in [0.1, 0.15) is 0 Å². The highest BCUT2D eigenvalue weighted by Crippen LogP contribution is 2.44. The van der Waals surface area contributed by atoms with Gasteiger partial charge in [-0.15, -0.1) is 0 Å². The molecule has 0 aliphatic carbocycles. The van der Waals surface area contributed by atoms with E-state index in [0.29, 0.717) is 29.8 Å². The smallest absolute Gasteiger partial charge is 0.416 e. The molecule has 43 heavy (non-hydrogen) atoms. The summed E-state index contributed by atoms with van der Waals surface area (Å²) in [7, 11) is 2.69. The number of benzene rings is 1. The predicted octanol–water partition coefficient (Wildman–Crippen LogP) is 6.82. The van der Waals surface area contributed by atoms with E-state index in [9.17, 15) is 31.1 Å². The third-order valence-corrected chi connectivity index (χ3v) is 6.72. The van der Waals surface area contributed by atoms with Gasteiger partial charge in [0.25, 0.3) is 0 Å². The Balaban J connectivity index is 2.27. The second kappa shape index (κ2) is 13.0. The van der Waals surface area contributed by atoms with Crippen molar-refractivity contribution >= 4 is 17.7 Å². The average molecular weight is 618 g/mol. The first-order chi connectivity index (χ1) is 20.0. The quantitative estimate of drug-likeness (QED) is 0.120. The van der Waals surface area contributed by atoms with Crippen LogP contribution in [0.15, 0.2) is 39.7 Å². The number of ether oxygens (including phenoxy) is 2. The molecule has 1 amide bonds. The van der Waals surface area contributed by atoms with E-state index in [0.717, 1.165) is 0 Å². The van der Waals surface area contributed by atoms with E-state index in [2.05, 4.69) is 20.4 Å². The topological polar surface area (TPSA) is 118 Å². The molecule has 236 valence electrons. The molecule has 2 aromatic rings. The number of aromatic nitrogens is 1. The van der Waals surface area contributed by atoms with Crippen molar-refractivity contribution in [1.82, 2.24) is 9.88 Å². The van der Waals surface area contributed by atoms with Gasteiger partial charge in [0.05, 0.1) is 48.8 Å². The lowest BCUT2D eigenvalue weighted by Crippen LogP contribution is -2.50. The van der Waals surface area contributed by atoms with Crippen LogP contribution >= 0.6 is 0 Å². The molecule has 0 saturated heterocycles. The number of guanidine groups is 1. The Hall–Kier alpha value is -4.11. The first kappa shape index (κ1) is 33.4. The predicted molar refractivity (Wildman–Crippen MR) is 145 cm³/mol. The zero-order chi connectivity index (χ0) is 32.3. The van der Waals surface area contributed by atoms with Gasteiger partial charge >= 0.3 is 18.4 Å². The van der Waals surface area contributed by atoms with E-state index in [1.165, 1.54) is 24.0 Å². The van der Waals surface area contributed by atoms with E-state index >= 15 is 0 Å². The fraction of sp³-hybridized carbons (Fsp3) is 0.519. The van der Waals surface area contributed by atoms with Crippen molar-refractivity contribution in [1.29, 1.82) is 0 Å². The largest absolute Gasteiger partial charge is 0.481 e. The number of rotatable bonds is 7. The maximum atomic E-state index is 13.6. The molecule has 1 aromatic heterocycles. The minimum absolute atomic E-state index is 0.0486. The number of fused-ring (bicyclic) bond motifs is 1. The highest BCUT2D eigenvalue weighted by Gasteiger charge is 2.42. The Morgan fingerprint density at radius 2 is 1.74 bits per heavy atom. The molecule has 0 fully saturated rings. The van der Waals surface area contributed by atoms with Crippen molar-refractivity contribution in [3.63, 3.8) is 0 Å². The standard InChI is InChI=1S/C27H33F6N7O3/c1-7-19-12-20(22-21(8-15(4)23(36-22)42-6)40(19)25(41)43-14(2)3)39(24(34)37-38-35-5)13-16-9-17(26(28,29)30)11-18(10-16)27(31,32)33/h8-11,14,19-20H,7,12-13H2,1-6H3,(H2,34,35,37). The third-order valence-electron chi connectivity index (χ3n) is 6.72. The van der Waals surface area contributed by atoms with Crippen LogP contribution in [0.3, 0.4) is 0 Å². The lowest BCUT2D eigenvalue weighted by molar-refractivity contribution is -0.143. The van der Waals surface area contributed by atoms with Gasteiger partial charge in [-0.2, -0.15) is 31.5 Å². The second-order valence-electron chi connectivity index (χ2n) is 10.1. The molecule has 2 unspecified atom stereocenters. The molecule has 2 heterocycles. The molecule has 16 heteroatoms. The number of methoxy groups -OCH3 is 1. The van der Waals surface area contributed by atoms with Crippen LogP contribution in [0, 0.1) is 6.92 Å². The van der Waals surface area contributed by atoms with E-state index in [1.807, 2.05) is 6.92 Å². The van der Waals surface area contributed by atoms with Crippen LogP contribution in [-0.2, 0) is 23.6 Å². The number of hydrogen-bond acceptors (Lipinski definition) is 6. The monoisotopic (exact) mass is 617 g/mol. The van der Waals surface area contributed by atoms with E-state index in [1.54, 1.807) is 26.8 Å². The average Bonchev–Trinajstić information content (AvgIpc) is 2.91. The van der Waals surface area contributed by atoms with E-state index in [4.69, 9.17) is 15.2 Å². The molecule has 1 aromatic carbocycles. The number of hydrogen-bond donors (Lipinski definition) is 1. The van der Waals surface area contributed by atoms with Crippen molar-refractivity contribution < 1.29 is 40.6 Å². The summed E-state index contributed by atoms with van der Waals surface area (Å²) in [4.78, 5) is 20.6. The number of nitrogens with zero attached hydrogens (tertiary/aromatic N) is 6. The molecule has 1 aliphatic heterocycles. The zero-order valence-electron chi connectivity index (χ0n) is 24.4. The molecule has 0 radical (unpaired) electrons. The van der Waals surface area contributed by atoms with Gasteiger partial charge in [0.15, 0.2) is 0 Å². The number of nitrogens with two attached hydrogens (primary N) is 1. The van der Waals surface area contributed by atoms with Gasteiger partial charge in [0, 0.05) is 18.2 Å². The molecular formula is C27H33F6N7O3. The Bertz CT molecular complexity index is 1350. The molecule has 10 nitrogen and oxygen atoms in total. The van der Waals surface area contributed by atoms with Gasteiger partial charge in [0.2, 0.25) is 11.8 Å². The summed E-state index contributed by atoms with van der Waals surface area (Å²) >= 11 is 0. The van der Waals surface area contributed by atoms with Crippen LogP contribution in [0.25, 0.3) is 0 Å². The minimum Gasteiger partial charge on any atom is -0.481 e. The van der Waals surface area contributed by atoms with Crippen LogP contribution in [0.5, 0.6) is 5.88 Å². The second-order valence-corrected chi connectivity index (χ2v) is 10.1. The van der Waals surface area contributed by atoms with Gasteiger partial charge in [-0.05, 0) is 68.7 Å². The molecule has 0 saturated carbocycles. The SMILES string of the molecule is CCC1CC(N(Cc2cc(C(F)(F)F)cc(C(F)(F)F)c2)C(N)=NN=NC)c2nc(OC)c(C)cc2N1C(=O)OC(C)C. The summed E-state index contributed by atoms with van der Waals surface area (Å²) in [6, 6.07) is 1.53. The fourth-order valence-corrected chi connectivity index (χ4v) is 4.85. The molecule has 2 atom stereocenters. The first-order valence-corrected chi connectivity index (χ1v) is 13.2. The highest BCUT2D eigenvalue weighted by molar-refractivity contribution is 5.90. The summed E-state index contributed by atoms with van der Waals surface area (Å²) in [6.45, 7) is 6.36. The first-order valence-electron chi connectivity index (χ1n) is 13.2. The summed E-state index contributed by atoms with van der Waals surface area (Å²) in [5.41, 5.74) is 4.07. The summed E-state index contributed by atoms with van der Waals surface area (Å²) < 4.78 is 92.8. The van der Waals surface area contributed by atoms with Gasteiger partial charge in [-0.3, -0.25) is 4.90 Å². The molecule has 0 spiro atoms. The number of pyridine rings is 1. The van der Waals surface area contributed by atoms with Crippen LogP contribution in [0.2, 0.25) is 0 Å². The molecule has 3 rings (SSSR count). The van der Waals surface area contributed by atoms with Crippen molar-refractivity contribution in [3.05, 3.63) is 52.2 Å². The third kappa shape index (κ3) is 7.65. The summed E-state index contributed by atoms with van der Waals surface area (Å²) in [5, 5.41) is 10.8. The van der Waals surface area contributed by atoms with Crippen molar-refractivity contribution in [2.45, 2.75) is 77.6 Å². The number of halogens is 6. The lowest BCUT2D eigenvalue weighted by atomic mass is 9.91. The van der Waals surface area contributed by atoms with Crippen LogP contribution < -0.4 is 15.4 Å². The minimum atomic E-state index is -5.05. The number of anilines is 1. The van der Waals surface area contributed by atoms with Crippen molar-refractivity contribution in [2.75, 3.05) is 19.1 Å². The molecular weight excluding hydrogens is 584 g/mol. The van der Waals surface area contributed by atoms with Crippen molar-refractivity contribution in [3.8, 4) is 5.88 Å². The van der Waals surface area contributed by atoms with Crippen LogP contribution in [-0.4, -0.2) is 48.2 Å². The summed E-state index contributed by atoms with van der Waals surface area (Å²) in [5.74, 6) is -0.153. The van der Waals surface area contributed by atoms with Crippen LogP contribution in [0.1, 0.15) is 67.6 Å². The number of alkyl halides is 6. The van der Waals surface area contributed by atoms with E-state index in [-0.39, 0.29) is 35.6 Å².